The molecule has 0 bridgehead atoms. The molecule has 31 heavy (non-hydrogen) atoms. The maximum absolute atomic E-state index is 13.2. The number of fused-ring (bicyclic) bond motifs is 1. The minimum atomic E-state index is -0.387. The van der Waals surface area contributed by atoms with E-state index in [1.54, 1.807) is 12.1 Å². The topological polar surface area (TPSA) is 58.0 Å². The molecule has 1 unspecified atom stereocenters. The molecule has 0 radical (unpaired) electrons. The predicted molar refractivity (Wildman–Crippen MR) is 121 cm³/mol. The van der Waals surface area contributed by atoms with E-state index in [0.29, 0.717) is 23.6 Å². The quantitative estimate of drug-likeness (QED) is 0.491. The third kappa shape index (κ3) is 5.27. The zero-order valence-corrected chi connectivity index (χ0v) is 17.9. The van der Waals surface area contributed by atoms with E-state index in [-0.39, 0.29) is 11.6 Å². The fourth-order valence-corrected chi connectivity index (χ4v) is 5.16. The smallest absolute Gasteiger partial charge is 0.408 e. The standard InChI is InChI=1S/C26H31FN2O2/c27-21-9-3-17(4-10-21)5-11-23(15-18-1-2-18)28-22-12-6-19(7-13-22)20-8-14-24-25(16-20)31-26(30)29-24/h3-4,8-10,14,16,18-19,22-23,28H,1-2,5-7,11-13,15H2,(H,29,30)/t19-,22-,23?. The van der Waals surface area contributed by atoms with Crippen LogP contribution in [0.1, 0.15) is 68.4 Å². The number of hydrogen-bond donors (Lipinski definition) is 2. The van der Waals surface area contributed by atoms with Gasteiger partial charge in [0.15, 0.2) is 5.58 Å². The number of rotatable bonds is 8. The lowest BCUT2D eigenvalue weighted by Gasteiger charge is -2.32. The van der Waals surface area contributed by atoms with Crippen LogP contribution in [0.5, 0.6) is 0 Å². The lowest BCUT2D eigenvalue weighted by atomic mass is 9.81. The highest BCUT2D eigenvalue weighted by atomic mass is 19.1. The Morgan fingerprint density at radius 1 is 1.03 bits per heavy atom. The van der Waals surface area contributed by atoms with E-state index in [4.69, 9.17) is 4.42 Å². The van der Waals surface area contributed by atoms with Crippen LogP contribution in [0.2, 0.25) is 0 Å². The molecular formula is C26H31FN2O2. The lowest BCUT2D eigenvalue weighted by Crippen LogP contribution is -2.41. The highest BCUT2D eigenvalue weighted by Gasteiger charge is 2.29. The monoisotopic (exact) mass is 422 g/mol. The molecule has 2 saturated carbocycles. The summed E-state index contributed by atoms with van der Waals surface area (Å²) in [4.78, 5) is 14.1. The Kier molecular flexibility index (Phi) is 5.95. The van der Waals surface area contributed by atoms with Gasteiger partial charge in [-0.05, 0) is 92.2 Å². The highest BCUT2D eigenvalue weighted by molar-refractivity contribution is 5.72. The van der Waals surface area contributed by atoms with Gasteiger partial charge in [0.25, 0.3) is 0 Å². The maximum atomic E-state index is 13.2. The predicted octanol–water partition coefficient (Wildman–Crippen LogP) is 5.68. The van der Waals surface area contributed by atoms with E-state index in [9.17, 15) is 9.18 Å². The Morgan fingerprint density at radius 3 is 2.55 bits per heavy atom. The normalized spacial score (nSPS) is 22.6. The van der Waals surface area contributed by atoms with Gasteiger partial charge in [-0.2, -0.15) is 0 Å². The Hall–Kier alpha value is -2.40. The molecule has 1 atom stereocenters. The van der Waals surface area contributed by atoms with Crippen molar-refractivity contribution in [1.29, 1.82) is 0 Å². The van der Waals surface area contributed by atoms with Crippen molar-refractivity contribution in [3.05, 3.63) is 70.0 Å². The van der Waals surface area contributed by atoms with Crippen LogP contribution < -0.4 is 11.1 Å². The molecule has 5 rings (SSSR count). The molecule has 4 nitrogen and oxygen atoms in total. The van der Waals surface area contributed by atoms with Gasteiger partial charge in [0.2, 0.25) is 0 Å². The second kappa shape index (κ2) is 8.99. The Morgan fingerprint density at radius 2 is 1.81 bits per heavy atom. The van der Waals surface area contributed by atoms with Crippen molar-refractivity contribution in [3.63, 3.8) is 0 Å². The Bertz CT molecular complexity index is 1060. The summed E-state index contributed by atoms with van der Waals surface area (Å²) in [5, 5.41) is 3.97. The van der Waals surface area contributed by atoms with Crippen LogP contribution in [0.4, 0.5) is 4.39 Å². The fraction of sp³-hybridized carbons (Fsp3) is 0.500. The van der Waals surface area contributed by atoms with E-state index in [1.807, 2.05) is 24.3 Å². The number of aromatic amines is 1. The first-order chi connectivity index (χ1) is 15.1. The molecule has 164 valence electrons. The third-order valence-corrected chi connectivity index (χ3v) is 7.12. The summed E-state index contributed by atoms with van der Waals surface area (Å²) in [5.74, 6) is 0.877. The molecule has 2 aliphatic rings. The van der Waals surface area contributed by atoms with E-state index >= 15 is 0 Å². The van der Waals surface area contributed by atoms with Crippen LogP contribution in [-0.4, -0.2) is 17.1 Å². The van der Waals surface area contributed by atoms with Crippen LogP contribution in [0, 0.1) is 11.7 Å². The SMILES string of the molecule is O=c1[nH]c2ccc([C@H]3CC[C@H](NC(CCc4ccc(F)cc4)CC4CC4)CC3)cc2o1. The largest absolute Gasteiger partial charge is 0.417 e. The van der Waals surface area contributed by atoms with Gasteiger partial charge < -0.3 is 9.73 Å². The second-order valence-electron chi connectivity index (χ2n) is 9.53. The van der Waals surface area contributed by atoms with Crippen molar-refractivity contribution in [2.75, 3.05) is 0 Å². The number of oxazole rings is 1. The fourth-order valence-electron chi connectivity index (χ4n) is 5.16. The molecule has 0 aliphatic heterocycles. The minimum Gasteiger partial charge on any atom is -0.408 e. The molecule has 2 N–H and O–H groups in total. The van der Waals surface area contributed by atoms with E-state index in [0.717, 1.165) is 37.1 Å². The van der Waals surface area contributed by atoms with Crippen molar-refractivity contribution in [1.82, 2.24) is 10.3 Å². The summed E-state index contributed by atoms with van der Waals surface area (Å²) in [6.07, 6.45) is 10.8. The van der Waals surface area contributed by atoms with Gasteiger partial charge in [-0.3, -0.25) is 4.98 Å². The van der Waals surface area contributed by atoms with Crippen molar-refractivity contribution < 1.29 is 8.81 Å². The van der Waals surface area contributed by atoms with Gasteiger partial charge in [-0.15, -0.1) is 0 Å². The molecule has 0 amide bonds. The molecule has 5 heteroatoms. The van der Waals surface area contributed by atoms with Crippen molar-refractivity contribution in [2.24, 2.45) is 5.92 Å². The molecule has 2 fully saturated rings. The third-order valence-electron chi connectivity index (χ3n) is 7.12. The molecular weight excluding hydrogens is 391 g/mol. The number of nitrogens with one attached hydrogen (secondary N) is 2. The van der Waals surface area contributed by atoms with Crippen LogP contribution in [-0.2, 0) is 6.42 Å². The first-order valence-corrected chi connectivity index (χ1v) is 11.8. The van der Waals surface area contributed by atoms with Gasteiger partial charge in [-0.1, -0.05) is 31.0 Å². The molecule has 0 spiro atoms. The lowest BCUT2D eigenvalue weighted by molar-refractivity contribution is 0.295. The van der Waals surface area contributed by atoms with Gasteiger partial charge in [0.1, 0.15) is 5.82 Å². The molecule has 2 aromatic carbocycles. The zero-order valence-electron chi connectivity index (χ0n) is 17.9. The van der Waals surface area contributed by atoms with Gasteiger partial charge in [0, 0.05) is 12.1 Å². The number of hydrogen-bond acceptors (Lipinski definition) is 3. The summed E-state index contributed by atoms with van der Waals surface area (Å²) in [7, 11) is 0. The number of aryl methyl sites for hydroxylation is 1. The first-order valence-electron chi connectivity index (χ1n) is 11.8. The number of H-pyrrole nitrogens is 1. The summed E-state index contributed by atoms with van der Waals surface area (Å²) in [6.45, 7) is 0. The summed E-state index contributed by atoms with van der Waals surface area (Å²) in [6, 6.07) is 14.2. The van der Waals surface area contributed by atoms with Gasteiger partial charge in [0.05, 0.1) is 5.52 Å². The van der Waals surface area contributed by atoms with Crippen molar-refractivity contribution >= 4 is 11.1 Å². The summed E-state index contributed by atoms with van der Waals surface area (Å²) < 4.78 is 18.4. The van der Waals surface area contributed by atoms with Crippen molar-refractivity contribution in [2.45, 2.75) is 75.8 Å². The first kappa shape index (κ1) is 20.5. The minimum absolute atomic E-state index is 0.161. The molecule has 1 aromatic heterocycles. The number of aromatic nitrogens is 1. The van der Waals surface area contributed by atoms with Crippen molar-refractivity contribution in [3.8, 4) is 0 Å². The second-order valence-corrected chi connectivity index (χ2v) is 9.53. The van der Waals surface area contributed by atoms with E-state index < -0.39 is 0 Å². The van der Waals surface area contributed by atoms with Gasteiger partial charge >= 0.3 is 5.76 Å². The van der Waals surface area contributed by atoms with Crippen LogP contribution in [0.3, 0.4) is 0 Å². The average Bonchev–Trinajstić information content (AvgIpc) is 3.51. The highest BCUT2D eigenvalue weighted by Crippen LogP contribution is 2.37. The van der Waals surface area contributed by atoms with Crippen LogP contribution >= 0.6 is 0 Å². The number of benzene rings is 2. The van der Waals surface area contributed by atoms with E-state index in [1.165, 1.54) is 43.2 Å². The zero-order chi connectivity index (χ0) is 21.2. The van der Waals surface area contributed by atoms with Crippen LogP contribution in [0.25, 0.3) is 11.1 Å². The van der Waals surface area contributed by atoms with E-state index in [2.05, 4.69) is 16.4 Å². The molecule has 3 aromatic rings. The Labute approximate surface area is 182 Å². The summed E-state index contributed by atoms with van der Waals surface area (Å²) >= 11 is 0. The maximum Gasteiger partial charge on any atom is 0.417 e. The summed E-state index contributed by atoms with van der Waals surface area (Å²) in [5.41, 5.74) is 3.93. The van der Waals surface area contributed by atoms with Gasteiger partial charge in [-0.25, -0.2) is 9.18 Å². The molecule has 0 saturated heterocycles. The number of halogens is 1. The Balaban J connectivity index is 1.16. The molecule has 1 heterocycles. The average molecular weight is 423 g/mol. The molecule has 2 aliphatic carbocycles. The van der Waals surface area contributed by atoms with Crippen LogP contribution in [0.15, 0.2) is 51.7 Å².